The maximum absolute atomic E-state index is 11.9. The van der Waals surface area contributed by atoms with Crippen molar-refractivity contribution in [1.82, 2.24) is 15.2 Å². The predicted octanol–water partition coefficient (Wildman–Crippen LogP) is 1.97. The monoisotopic (exact) mass is 322 g/mol. The van der Waals surface area contributed by atoms with Crippen LogP contribution in [0.3, 0.4) is 0 Å². The molecule has 0 aliphatic heterocycles. The summed E-state index contributed by atoms with van der Waals surface area (Å²) in [7, 11) is 0. The lowest BCUT2D eigenvalue weighted by Gasteiger charge is -2.23. The van der Waals surface area contributed by atoms with Gasteiger partial charge in [-0.05, 0) is 32.1 Å². The molecular weight excluding hydrogens is 299 g/mol. The molecule has 5 nitrogen and oxygen atoms in total. The Morgan fingerprint density at radius 3 is 2.40 bits per heavy atom. The fraction of sp³-hybridized carbons (Fsp3) is 0.538. The van der Waals surface area contributed by atoms with Crippen LogP contribution in [0.15, 0.2) is 18.3 Å². The van der Waals surface area contributed by atoms with Crippen LogP contribution in [-0.4, -0.2) is 41.5 Å². The van der Waals surface area contributed by atoms with Gasteiger partial charge in [0.15, 0.2) is 0 Å². The van der Waals surface area contributed by atoms with Crippen LogP contribution in [0.25, 0.3) is 0 Å². The van der Waals surface area contributed by atoms with Crippen LogP contribution < -0.4 is 11.1 Å². The molecule has 0 radical (unpaired) electrons. The zero-order valence-corrected chi connectivity index (χ0v) is 13.8. The fourth-order valence-electron chi connectivity index (χ4n) is 1.75. The summed E-state index contributed by atoms with van der Waals surface area (Å²) in [5.41, 5.74) is 6.49. The average molecular weight is 323 g/mol. The Hall–Kier alpha value is -1.04. The highest BCUT2D eigenvalue weighted by molar-refractivity contribution is 5.92. The van der Waals surface area contributed by atoms with E-state index in [0.29, 0.717) is 11.4 Å². The number of pyridine rings is 1. The van der Waals surface area contributed by atoms with Crippen LogP contribution in [0.4, 0.5) is 5.69 Å². The van der Waals surface area contributed by atoms with Crippen molar-refractivity contribution in [2.75, 3.05) is 25.4 Å². The van der Waals surface area contributed by atoms with Gasteiger partial charge >= 0.3 is 0 Å². The second-order valence-corrected chi connectivity index (χ2v) is 4.34. The van der Waals surface area contributed by atoms with Gasteiger partial charge in [0.2, 0.25) is 0 Å². The van der Waals surface area contributed by atoms with Crippen LogP contribution in [-0.2, 0) is 0 Å². The summed E-state index contributed by atoms with van der Waals surface area (Å²) < 4.78 is 0. The SMILES string of the molecule is CCN(CC)CC(C)NC(=O)c1ccc(N)cn1.Cl.Cl. The minimum Gasteiger partial charge on any atom is -0.397 e. The van der Waals surface area contributed by atoms with Crippen LogP contribution in [0, 0.1) is 0 Å². The van der Waals surface area contributed by atoms with Gasteiger partial charge in [0.05, 0.1) is 11.9 Å². The minimum atomic E-state index is -0.158. The predicted molar refractivity (Wildman–Crippen MR) is 87.9 cm³/mol. The van der Waals surface area contributed by atoms with E-state index in [1.54, 1.807) is 12.1 Å². The molecule has 0 aliphatic rings. The normalized spacial score (nSPS) is 11.2. The fourth-order valence-corrected chi connectivity index (χ4v) is 1.75. The van der Waals surface area contributed by atoms with Crippen LogP contribution in [0.1, 0.15) is 31.3 Å². The highest BCUT2D eigenvalue weighted by Gasteiger charge is 2.12. The lowest BCUT2D eigenvalue weighted by Crippen LogP contribution is -2.42. The number of nitrogen functional groups attached to an aromatic ring is 1. The number of anilines is 1. The molecular formula is C13H24Cl2N4O. The number of likely N-dealkylation sites (N-methyl/N-ethyl adjacent to an activating group) is 1. The smallest absolute Gasteiger partial charge is 0.270 e. The summed E-state index contributed by atoms with van der Waals surface area (Å²) in [6, 6.07) is 3.41. The zero-order chi connectivity index (χ0) is 13.5. The topological polar surface area (TPSA) is 71.2 Å². The number of hydrogen-bond acceptors (Lipinski definition) is 4. The maximum atomic E-state index is 11.9. The zero-order valence-electron chi connectivity index (χ0n) is 12.1. The third kappa shape index (κ3) is 6.93. The molecule has 1 unspecified atom stereocenters. The molecule has 1 atom stereocenters. The van der Waals surface area contributed by atoms with Crippen molar-refractivity contribution in [3.63, 3.8) is 0 Å². The number of halogens is 2. The molecule has 1 heterocycles. The van der Waals surface area contributed by atoms with E-state index in [1.165, 1.54) is 6.20 Å². The molecule has 20 heavy (non-hydrogen) atoms. The maximum Gasteiger partial charge on any atom is 0.270 e. The highest BCUT2D eigenvalue weighted by atomic mass is 35.5. The molecule has 1 amide bonds. The van der Waals surface area contributed by atoms with E-state index >= 15 is 0 Å². The first kappa shape index (κ1) is 21.3. The Bertz CT molecular complexity index is 382. The quantitative estimate of drug-likeness (QED) is 0.840. The minimum absolute atomic E-state index is 0. The van der Waals surface area contributed by atoms with E-state index in [0.717, 1.165) is 19.6 Å². The first-order valence-electron chi connectivity index (χ1n) is 6.31. The van der Waals surface area contributed by atoms with Gasteiger partial charge in [-0.2, -0.15) is 0 Å². The Morgan fingerprint density at radius 2 is 1.95 bits per heavy atom. The lowest BCUT2D eigenvalue weighted by molar-refractivity contribution is 0.0925. The third-order valence-electron chi connectivity index (χ3n) is 2.82. The van der Waals surface area contributed by atoms with Crippen molar-refractivity contribution in [3.8, 4) is 0 Å². The molecule has 0 bridgehead atoms. The first-order chi connectivity index (χ1) is 8.56. The summed E-state index contributed by atoms with van der Waals surface area (Å²) in [5.74, 6) is -0.158. The number of nitrogens with zero attached hydrogens (tertiary/aromatic N) is 2. The van der Waals surface area contributed by atoms with Gasteiger partial charge in [0, 0.05) is 12.6 Å². The van der Waals surface area contributed by atoms with Gasteiger partial charge in [-0.15, -0.1) is 24.8 Å². The van der Waals surface area contributed by atoms with Crippen molar-refractivity contribution in [1.29, 1.82) is 0 Å². The second kappa shape index (κ2) is 10.7. The molecule has 0 fully saturated rings. The summed E-state index contributed by atoms with van der Waals surface area (Å²) in [6.07, 6.45) is 1.49. The molecule has 0 aromatic carbocycles. The van der Waals surface area contributed by atoms with Gasteiger partial charge in [0.1, 0.15) is 5.69 Å². The summed E-state index contributed by atoms with van der Waals surface area (Å²) in [5, 5.41) is 2.93. The third-order valence-corrected chi connectivity index (χ3v) is 2.82. The van der Waals surface area contributed by atoms with Crippen molar-refractivity contribution in [2.24, 2.45) is 0 Å². The molecule has 0 saturated heterocycles. The molecule has 1 aromatic heterocycles. The van der Waals surface area contributed by atoms with Gasteiger partial charge < -0.3 is 16.0 Å². The van der Waals surface area contributed by atoms with Gasteiger partial charge in [0.25, 0.3) is 5.91 Å². The Kier molecular flexibility index (Phi) is 11.4. The number of amides is 1. The van der Waals surface area contributed by atoms with E-state index < -0.39 is 0 Å². The van der Waals surface area contributed by atoms with E-state index in [9.17, 15) is 4.79 Å². The number of nitrogens with one attached hydrogen (secondary N) is 1. The van der Waals surface area contributed by atoms with E-state index in [1.807, 2.05) is 6.92 Å². The number of carbonyl (C=O) groups is 1. The van der Waals surface area contributed by atoms with Crippen molar-refractivity contribution < 1.29 is 4.79 Å². The van der Waals surface area contributed by atoms with Gasteiger partial charge in [-0.3, -0.25) is 4.79 Å². The summed E-state index contributed by atoms with van der Waals surface area (Å²) in [4.78, 5) is 18.2. The standard InChI is InChI=1S/C13H22N4O.2ClH/c1-4-17(5-2)9-10(3)16-13(18)12-7-6-11(14)8-15-12;;/h6-8,10H,4-5,9,14H2,1-3H3,(H,16,18);2*1H. The van der Waals surface area contributed by atoms with Gasteiger partial charge in [-0.1, -0.05) is 13.8 Å². The summed E-state index contributed by atoms with van der Waals surface area (Å²) >= 11 is 0. The van der Waals surface area contributed by atoms with Crippen LogP contribution >= 0.6 is 24.8 Å². The summed E-state index contributed by atoms with van der Waals surface area (Å²) in [6.45, 7) is 9.02. The van der Waals surface area contributed by atoms with Crippen molar-refractivity contribution in [3.05, 3.63) is 24.0 Å². The van der Waals surface area contributed by atoms with E-state index in [4.69, 9.17) is 5.73 Å². The van der Waals surface area contributed by atoms with Gasteiger partial charge in [-0.25, -0.2) is 4.98 Å². The van der Waals surface area contributed by atoms with E-state index in [-0.39, 0.29) is 36.8 Å². The molecule has 1 aromatic rings. The molecule has 7 heteroatoms. The van der Waals surface area contributed by atoms with Crippen LogP contribution in [0.2, 0.25) is 0 Å². The number of rotatable bonds is 6. The Morgan fingerprint density at radius 1 is 1.35 bits per heavy atom. The van der Waals surface area contributed by atoms with Crippen molar-refractivity contribution >= 4 is 36.4 Å². The average Bonchev–Trinajstić information content (AvgIpc) is 2.36. The lowest BCUT2D eigenvalue weighted by atomic mass is 10.2. The van der Waals surface area contributed by atoms with Crippen molar-refractivity contribution in [2.45, 2.75) is 26.8 Å². The molecule has 3 N–H and O–H groups in total. The van der Waals surface area contributed by atoms with Crippen LogP contribution in [0.5, 0.6) is 0 Å². The molecule has 0 saturated carbocycles. The highest BCUT2D eigenvalue weighted by Crippen LogP contribution is 2.01. The molecule has 1 rings (SSSR count). The first-order valence-corrected chi connectivity index (χ1v) is 6.31. The number of aromatic nitrogens is 1. The largest absolute Gasteiger partial charge is 0.397 e. The molecule has 116 valence electrons. The Balaban J connectivity index is 0. The molecule has 0 aliphatic carbocycles. The number of carbonyl (C=O) groups excluding carboxylic acids is 1. The molecule has 0 spiro atoms. The van der Waals surface area contributed by atoms with E-state index in [2.05, 4.69) is 29.0 Å². The second-order valence-electron chi connectivity index (χ2n) is 4.34. The number of nitrogens with two attached hydrogens (primary N) is 1. The Labute approximate surface area is 133 Å². The number of hydrogen-bond donors (Lipinski definition) is 2.